The number of carbonyl (C=O) groups is 1. The van der Waals surface area contributed by atoms with Gasteiger partial charge in [0.2, 0.25) is 0 Å². The lowest BCUT2D eigenvalue weighted by molar-refractivity contribution is 0.224. The number of carbonyl (C=O) groups excluding carboxylic acids is 1. The molecule has 2 rings (SSSR count). The van der Waals surface area contributed by atoms with Crippen molar-refractivity contribution in [3.05, 3.63) is 62.5 Å². The normalized spacial score (nSPS) is 10.2. The summed E-state index contributed by atoms with van der Waals surface area (Å²) in [4.78, 5) is 11.7. The molecule has 2 N–H and O–H groups in total. The van der Waals surface area contributed by atoms with Crippen molar-refractivity contribution in [2.75, 3.05) is 13.3 Å². The Balaban J connectivity index is 1.67. The number of ether oxygens (including phenoxy) is 1. The highest BCUT2D eigenvalue weighted by atomic mass is 79.9. The molecule has 0 fully saturated rings. The second-order valence-corrected chi connectivity index (χ2v) is 6.44. The molecular formula is C16H15BrCl2N2O2. The summed E-state index contributed by atoms with van der Waals surface area (Å²) >= 11 is 15.2. The molecule has 2 amide bonds. The highest BCUT2D eigenvalue weighted by Gasteiger charge is 2.04. The van der Waals surface area contributed by atoms with E-state index in [1.807, 2.05) is 24.3 Å². The van der Waals surface area contributed by atoms with Crippen molar-refractivity contribution in [2.45, 2.75) is 6.42 Å². The van der Waals surface area contributed by atoms with E-state index >= 15 is 0 Å². The first-order valence-electron chi connectivity index (χ1n) is 6.88. The Kier molecular flexibility index (Phi) is 7.02. The molecule has 0 aliphatic rings. The number of nitrogens with one attached hydrogen (secondary N) is 2. The third-order valence-electron chi connectivity index (χ3n) is 2.94. The molecule has 0 aromatic heterocycles. The average molecular weight is 418 g/mol. The summed E-state index contributed by atoms with van der Waals surface area (Å²) in [6.07, 6.45) is 0.747. The summed E-state index contributed by atoms with van der Waals surface area (Å²) in [6, 6.07) is 12.5. The standard InChI is InChI=1S/C16H15BrCl2N2O2/c17-12-3-1-2-11(8-12)6-7-20-16(22)21-10-23-15-5-4-13(18)9-14(15)19/h1-5,8-9H,6-7,10H2,(H2,20,21,22). The second-order valence-electron chi connectivity index (χ2n) is 4.68. The maximum absolute atomic E-state index is 11.7. The van der Waals surface area contributed by atoms with E-state index in [0.29, 0.717) is 22.3 Å². The van der Waals surface area contributed by atoms with Crippen LogP contribution in [-0.4, -0.2) is 19.3 Å². The predicted octanol–water partition coefficient (Wildman–Crippen LogP) is 4.63. The van der Waals surface area contributed by atoms with Crippen molar-refractivity contribution >= 4 is 45.2 Å². The molecule has 2 aromatic rings. The zero-order chi connectivity index (χ0) is 16.7. The van der Waals surface area contributed by atoms with Crippen molar-refractivity contribution in [3.8, 4) is 5.75 Å². The molecule has 0 spiro atoms. The Labute approximate surface area is 153 Å². The van der Waals surface area contributed by atoms with Crippen molar-refractivity contribution in [2.24, 2.45) is 0 Å². The Bertz CT molecular complexity index is 683. The Morgan fingerprint density at radius 2 is 1.96 bits per heavy atom. The van der Waals surface area contributed by atoms with Gasteiger partial charge in [0.25, 0.3) is 0 Å². The zero-order valence-corrected chi connectivity index (χ0v) is 15.2. The predicted molar refractivity (Wildman–Crippen MR) is 96.3 cm³/mol. The van der Waals surface area contributed by atoms with Crippen LogP contribution in [0.3, 0.4) is 0 Å². The van der Waals surface area contributed by atoms with Crippen molar-refractivity contribution < 1.29 is 9.53 Å². The first-order valence-corrected chi connectivity index (χ1v) is 8.43. The lowest BCUT2D eigenvalue weighted by Crippen LogP contribution is -2.38. The third kappa shape index (κ3) is 6.29. The van der Waals surface area contributed by atoms with Gasteiger partial charge in [0, 0.05) is 16.0 Å². The molecule has 0 aliphatic carbocycles. The molecule has 0 atom stereocenters. The molecule has 0 saturated heterocycles. The van der Waals surface area contributed by atoms with Gasteiger partial charge >= 0.3 is 6.03 Å². The minimum absolute atomic E-state index is 0.0179. The van der Waals surface area contributed by atoms with Gasteiger partial charge in [-0.2, -0.15) is 0 Å². The van der Waals surface area contributed by atoms with Crippen LogP contribution in [0.5, 0.6) is 5.75 Å². The van der Waals surface area contributed by atoms with Crippen LogP contribution in [0.2, 0.25) is 10.0 Å². The van der Waals surface area contributed by atoms with E-state index in [0.717, 1.165) is 16.5 Å². The molecular weight excluding hydrogens is 403 g/mol. The number of halogens is 3. The average Bonchev–Trinajstić information content (AvgIpc) is 2.49. The van der Waals surface area contributed by atoms with Gasteiger partial charge in [-0.05, 0) is 42.3 Å². The van der Waals surface area contributed by atoms with Gasteiger partial charge in [0.1, 0.15) is 5.75 Å². The van der Waals surface area contributed by atoms with Crippen LogP contribution < -0.4 is 15.4 Å². The molecule has 0 radical (unpaired) electrons. The van der Waals surface area contributed by atoms with Crippen LogP contribution in [0.1, 0.15) is 5.56 Å². The van der Waals surface area contributed by atoms with E-state index in [2.05, 4.69) is 26.6 Å². The number of hydrogen-bond acceptors (Lipinski definition) is 2. The second kappa shape index (κ2) is 9.01. The van der Waals surface area contributed by atoms with Crippen LogP contribution in [0, 0.1) is 0 Å². The summed E-state index contributed by atoms with van der Waals surface area (Å²) in [7, 11) is 0. The maximum Gasteiger partial charge on any atom is 0.317 e. The molecule has 7 heteroatoms. The van der Waals surface area contributed by atoms with Crippen LogP contribution in [-0.2, 0) is 6.42 Å². The summed E-state index contributed by atoms with van der Waals surface area (Å²) in [5, 5.41) is 6.28. The van der Waals surface area contributed by atoms with Crippen molar-refractivity contribution in [3.63, 3.8) is 0 Å². The molecule has 0 aliphatic heterocycles. The van der Waals surface area contributed by atoms with Crippen LogP contribution in [0.25, 0.3) is 0 Å². The van der Waals surface area contributed by atoms with Crippen LogP contribution >= 0.6 is 39.1 Å². The Hall–Kier alpha value is -1.43. The summed E-state index contributed by atoms with van der Waals surface area (Å²) in [5.41, 5.74) is 1.14. The Morgan fingerprint density at radius 1 is 1.13 bits per heavy atom. The van der Waals surface area contributed by atoms with E-state index < -0.39 is 0 Å². The van der Waals surface area contributed by atoms with Gasteiger partial charge in [-0.15, -0.1) is 0 Å². The fraction of sp³-hybridized carbons (Fsp3) is 0.188. The fourth-order valence-corrected chi connectivity index (χ4v) is 2.76. The smallest absolute Gasteiger partial charge is 0.317 e. The molecule has 0 heterocycles. The van der Waals surface area contributed by atoms with Gasteiger partial charge in [0.15, 0.2) is 6.73 Å². The van der Waals surface area contributed by atoms with Gasteiger partial charge in [-0.1, -0.05) is 51.3 Å². The van der Waals surface area contributed by atoms with Crippen molar-refractivity contribution in [1.82, 2.24) is 10.6 Å². The van der Waals surface area contributed by atoms with E-state index in [9.17, 15) is 4.79 Å². The summed E-state index contributed by atoms with van der Waals surface area (Å²) < 4.78 is 6.40. The largest absolute Gasteiger partial charge is 0.472 e. The molecule has 4 nitrogen and oxygen atoms in total. The number of urea groups is 1. The first kappa shape index (κ1) is 17.9. The quantitative estimate of drug-likeness (QED) is 0.673. The fourth-order valence-electron chi connectivity index (χ4n) is 1.85. The molecule has 122 valence electrons. The first-order chi connectivity index (χ1) is 11.0. The van der Waals surface area contributed by atoms with Gasteiger partial charge in [-0.25, -0.2) is 4.79 Å². The minimum Gasteiger partial charge on any atom is -0.472 e. The lowest BCUT2D eigenvalue weighted by Gasteiger charge is -2.10. The molecule has 0 bridgehead atoms. The SMILES string of the molecule is O=C(NCCc1cccc(Br)c1)NCOc1ccc(Cl)cc1Cl. The maximum atomic E-state index is 11.7. The van der Waals surface area contributed by atoms with Gasteiger partial charge in [-0.3, -0.25) is 0 Å². The highest BCUT2D eigenvalue weighted by molar-refractivity contribution is 9.10. The molecule has 23 heavy (non-hydrogen) atoms. The van der Waals surface area contributed by atoms with Crippen molar-refractivity contribution in [1.29, 1.82) is 0 Å². The number of benzene rings is 2. The summed E-state index contributed by atoms with van der Waals surface area (Å²) in [6.45, 7) is 0.550. The molecule has 0 saturated carbocycles. The van der Waals surface area contributed by atoms with E-state index in [1.165, 1.54) is 0 Å². The van der Waals surface area contributed by atoms with Crippen LogP contribution in [0.4, 0.5) is 4.79 Å². The number of amides is 2. The molecule has 0 unspecified atom stereocenters. The Morgan fingerprint density at radius 3 is 2.70 bits per heavy atom. The van der Waals surface area contributed by atoms with E-state index in [1.54, 1.807) is 18.2 Å². The zero-order valence-electron chi connectivity index (χ0n) is 12.1. The van der Waals surface area contributed by atoms with Gasteiger partial charge in [0.05, 0.1) is 5.02 Å². The highest BCUT2D eigenvalue weighted by Crippen LogP contribution is 2.27. The molecule has 2 aromatic carbocycles. The van der Waals surface area contributed by atoms with Crippen LogP contribution in [0.15, 0.2) is 46.9 Å². The van der Waals surface area contributed by atoms with Gasteiger partial charge < -0.3 is 15.4 Å². The number of rotatable bonds is 6. The van der Waals surface area contributed by atoms with E-state index in [-0.39, 0.29) is 12.8 Å². The van der Waals surface area contributed by atoms with E-state index in [4.69, 9.17) is 27.9 Å². The lowest BCUT2D eigenvalue weighted by atomic mass is 10.1. The topological polar surface area (TPSA) is 50.4 Å². The monoisotopic (exact) mass is 416 g/mol. The summed E-state index contributed by atoms with van der Waals surface area (Å²) in [5.74, 6) is 0.463. The third-order valence-corrected chi connectivity index (χ3v) is 3.97. The minimum atomic E-state index is -0.301. The number of hydrogen-bond donors (Lipinski definition) is 2.